The number of hydrogen-bond acceptors (Lipinski definition) is 2. The van der Waals surface area contributed by atoms with Crippen LogP contribution < -0.4 is 9.80 Å². The zero-order chi connectivity index (χ0) is 22.3. The molecule has 0 spiro atoms. The summed E-state index contributed by atoms with van der Waals surface area (Å²) in [5.74, 6) is 0. The van der Waals surface area contributed by atoms with Crippen LogP contribution in [0.2, 0.25) is 0 Å². The second-order valence-corrected chi connectivity index (χ2v) is 10.4. The van der Waals surface area contributed by atoms with Gasteiger partial charge < -0.3 is 14.5 Å². The fourth-order valence-electron chi connectivity index (χ4n) is 5.37. The number of nitrogens with one attached hydrogen (secondary N) is 1. The first-order valence-electron chi connectivity index (χ1n) is 12.1. The van der Waals surface area contributed by atoms with E-state index in [-0.39, 0.29) is 5.60 Å². The molecule has 0 radical (unpaired) electrons. The molecule has 31 heavy (non-hydrogen) atoms. The predicted octanol–water partition coefficient (Wildman–Crippen LogP) is 4.76. The molecular weight excluding hydrogens is 380 g/mol. The summed E-state index contributed by atoms with van der Waals surface area (Å²) in [6, 6.07) is 20.2. The third-order valence-electron chi connectivity index (χ3n) is 6.87. The van der Waals surface area contributed by atoms with Crippen LogP contribution in [0.25, 0.3) is 0 Å². The highest BCUT2D eigenvalue weighted by molar-refractivity contribution is 5.45. The number of nitrogens with zero attached hydrogens (tertiary/aromatic N) is 1. The van der Waals surface area contributed by atoms with Crippen LogP contribution in [0.5, 0.6) is 0 Å². The second kappa shape index (κ2) is 10.7. The predicted molar refractivity (Wildman–Crippen MR) is 132 cm³/mol. The summed E-state index contributed by atoms with van der Waals surface area (Å²) < 4.78 is 6.13. The number of anilines is 1. The first-order valence-corrected chi connectivity index (χ1v) is 12.1. The molecule has 0 bridgehead atoms. The van der Waals surface area contributed by atoms with Gasteiger partial charge in [-0.2, -0.15) is 0 Å². The highest BCUT2D eigenvalue weighted by Gasteiger charge is 2.41. The zero-order valence-electron chi connectivity index (χ0n) is 20.4. The number of quaternary nitrogens is 1. The molecule has 1 aliphatic heterocycles. The molecule has 1 unspecified atom stereocenters. The second-order valence-electron chi connectivity index (χ2n) is 10.4. The summed E-state index contributed by atoms with van der Waals surface area (Å²) in [4.78, 5) is 3.87. The first kappa shape index (κ1) is 23.8. The Hall–Kier alpha value is -1.84. The lowest BCUT2D eigenvalue weighted by molar-refractivity contribution is -0.915. The van der Waals surface area contributed by atoms with Crippen molar-refractivity contribution in [2.24, 2.45) is 5.41 Å². The average molecular weight is 424 g/mol. The summed E-state index contributed by atoms with van der Waals surface area (Å²) in [7, 11) is 4.20. The molecule has 1 aliphatic rings. The van der Waals surface area contributed by atoms with Gasteiger partial charge in [0.1, 0.15) is 6.54 Å². The van der Waals surface area contributed by atoms with Crippen LogP contribution in [-0.4, -0.2) is 39.4 Å². The van der Waals surface area contributed by atoms with Crippen molar-refractivity contribution >= 4 is 5.69 Å². The van der Waals surface area contributed by atoms with Gasteiger partial charge in [-0.15, -0.1) is 0 Å². The Balaban J connectivity index is 1.71. The largest absolute Gasteiger partial charge is 0.378 e. The molecule has 0 aromatic heterocycles. The Morgan fingerprint density at radius 3 is 2.26 bits per heavy atom. The molecule has 170 valence electrons. The molecule has 3 rings (SSSR count). The Bertz CT molecular complexity index is 784. The van der Waals surface area contributed by atoms with Crippen molar-refractivity contribution < 1.29 is 9.64 Å². The van der Waals surface area contributed by atoms with Crippen LogP contribution in [0.4, 0.5) is 5.69 Å². The third-order valence-corrected chi connectivity index (χ3v) is 6.87. The highest BCUT2D eigenvalue weighted by atomic mass is 16.5. The fourth-order valence-corrected chi connectivity index (χ4v) is 5.37. The summed E-state index contributed by atoms with van der Waals surface area (Å²) in [5.41, 5.74) is 4.48. The molecule has 1 N–H and O–H groups in total. The van der Waals surface area contributed by atoms with E-state index in [1.807, 2.05) is 0 Å². The summed E-state index contributed by atoms with van der Waals surface area (Å²) in [6.45, 7) is 11.3. The van der Waals surface area contributed by atoms with E-state index in [1.165, 1.54) is 49.2 Å². The van der Waals surface area contributed by atoms with E-state index in [0.717, 1.165) is 26.0 Å². The van der Waals surface area contributed by atoms with E-state index in [0.29, 0.717) is 5.41 Å². The topological polar surface area (TPSA) is 16.9 Å². The third kappa shape index (κ3) is 7.08. The molecule has 2 aromatic carbocycles. The van der Waals surface area contributed by atoms with Crippen molar-refractivity contribution in [1.29, 1.82) is 0 Å². The van der Waals surface area contributed by atoms with Gasteiger partial charge in [-0.25, -0.2) is 0 Å². The maximum atomic E-state index is 6.13. The van der Waals surface area contributed by atoms with Gasteiger partial charge in [0.2, 0.25) is 0 Å². The summed E-state index contributed by atoms with van der Waals surface area (Å²) >= 11 is 0. The Kier molecular flexibility index (Phi) is 8.18. The van der Waals surface area contributed by atoms with Gasteiger partial charge >= 0.3 is 0 Å². The molecule has 1 fully saturated rings. The molecule has 1 saturated heterocycles. The van der Waals surface area contributed by atoms with Crippen LogP contribution in [0, 0.1) is 5.41 Å². The number of benzene rings is 2. The zero-order valence-corrected chi connectivity index (χ0v) is 20.4. The molecule has 3 nitrogen and oxygen atoms in total. The van der Waals surface area contributed by atoms with Crippen molar-refractivity contribution in [3.8, 4) is 0 Å². The number of ether oxygens (including phenoxy) is 1. The molecule has 0 aliphatic carbocycles. The SMILES string of the molecule is CCC[NH+](CC[C@]1(Cc2ccccc2)CCOC(C)(C)C1)Cc1ccc(N(C)C)cc1. The van der Waals surface area contributed by atoms with E-state index in [1.54, 1.807) is 4.90 Å². The lowest BCUT2D eigenvalue weighted by Crippen LogP contribution is -3.10. The molecule has 0 amide bonds. The van der Waals surface area contributed by atoms with Crippen LogP contribution in [-0.2, 0) is 17.7 Å². The fraction of sp³-hybridized carbons (Fsp3) is 0.571. The van der Waals surface area contributed by atoms with E-state index < -0.39 is 0 Å². The van der Waals surface area contributed by atoms with Gasteiger partial charge in [0.15, 0.2) is 0 Å². The lowest BCUT2D eigenvalue weighted by Gasteiger charge is -2.45. The van der Waals surface area contributed by atoms with Crippen molar-refractivity contribution in [3.63, 3.8) is 0 Å². The van der Waals surface area contributed by atoms with Gasteiger partial charge in [-0.3, -0.25) is 0 Å². The van der Waals surface area contributed by atoms with E-state index in [2.05, 4.69) is 94.4 Å². The van der Waals surface area contributed by atoms with Crippen molar-refractivity contribution in [2.45, 2.75) is 65.0 Å². The molecule has 2 atom stereocenters. The molecular formula is C28H43N2O+. The van der Waals surface area contributed by atoms with Crippen molar-refractivity contribution in [2.75, 3.05) is 38.7 Å². The van der Waals surface area contributed by atoms with E-state index >= 15 is 0 Å². The minimum atomic E-state index is -0.0278. The maximum Gasteiger partial charge on any atom is 0.103 e. The number of hydrogen-bond donors (Lipinski definition) is 1. The summed E-state index contributed by atoms with van der Waals surface area (Å²) in [5, 5.41) is 0. The molecule has 1 heterocycles. The molecule has 0 saturated carbocycles. The van der Waals surface area contributed by atoms with Gasteiger partial charge in [-0.1, -0.05) is 49.4 Å². The standard InChI is InChI=1S/C28H42N2O/c1-6-18-30(22-25-12-14-26(15-13-25)29(4)5)19-16-28(17-20-31-27(2,3)23-28)21-24-10-8-7-9-11-24/h7-15H,6,16-23H2,1-5H3/p+1/t28-/m1/s1. The van der Waals surface area contributed by atoms with Gasteiger partial charge in [0.25, 0.3) is 0 Å². The van der Waals surface area contributed by atoms with Gasteiger partial charge in [-0.05, 0) is 62.6 Å². The van der Waals surface area contributed by atoms with Crippen LogP contribution in [0.3, 0.4) is 0 Å². The van der Waals surface area contributed by atoms with Gasteiger partial charge in [0, 0.05) is 38.4 Å². The Morgan fingerprint density at radius 1 is 0.935 bits per heavy atom. The Labute approximate surface area is 190 Å². The van der Waals surface area contributed by atoms with Crippen molar-refractivity contribution in [1.82, 2.24) is 0 Å². The Morgan fingerprint density at radius 2 is 1.65 bits per heavy atom. The maximum absolute atomic E-state index is 6.13. The van der Waals surface area contributed by atoms with Crippen LogP contribution >= 0.6 is 0 Å². The smallest absolute Gasteiger partial charge is 0.103 e. The van der Waals surface area contributed by atoms with Crippen LogP contribution in [0.15, 0.2) is 54.6 Å². The monoisotopic (exact) mass is 423 g/mol. The minimum Gasteiger partial charge on any atom is -0.378 e. The normalized spacial score (nSPS) is 21.6. The number of rotatable bonds is 10. The van der Waals surface area contributed by atoms with Gasteiger partial charge in [0.05, 0.1) is 18.7 Å². The molecule has 3 heteroatoms. The summed E-state index contributed by atoms with van der Waals surface area (Å²) in [6.07, 6.45) is 5.97. The minimum absolute atomic E-state index is 0.0278. The van der Waals surface area contributed by atoms with E-state index in [9.17, 15) is 0 Å². The van der Waals surface area contributed by atoms with Crippen molar-refractivity contribution in [3.05, 3.63) is 65.7 Å². The average Bonchev–Trinajstić information content (AvgIpc) is 2.73. The first-order chi connectivity index (χ1) is 14.8. The van der Waals surface area contributed by atoms with Crippen LogP contribution in [0.1, 0.15) is 57.6 Å². The lowest BCUT2D eigenvalue weighted by atomic mass is 9.68. The molecule has 2 aromatic rings. The van der Waals surface area contributed by atoms with E-state index in [4.69, 9.17) is 4.74 Å². The quantitative estimate of drug-likeness (QED) is 0.594. The highest BCUT2D eigenvalue weighted by Crippen LogP contribution is 2.43.